The maximum atomic E-state index is 13.3. The molecule has 12 heteroatoms. The number of likely N-dealkylation sites (tertiary alicyclic amines) is 1. The van der Waals surface area contributed by atoms with E-state index >= 15 is 0 Å². The Bertz CT molecular complexity index is 1180. The van der Waals surface area contributed by atoms with Gasteiger partial charge in [-0.2, -0.15) is 0 Å². The highest BCUT2D eigenvalue weighted by Crippen LogP contribution is 2.13. The van der Waals surface area contributed by atoms with Crippen molar-refractivity contribution in [1.29, 1.82) is 0 Å². The van der Waals surface area contributed by atoms with Crippen LogP contribution >= 0.6 is 0 Å². The number of imidazole rings is 1. The van der Waals surface area contributed by atoms with Crippen molar-refractivity contribution in [3.8, 4) is 0 Å². The van der Waals surface area contributed by atoms with Gasteiger partial charge in [-0.15, -0.1) is 0 Å². The number of hydrogen-bond acceptors (Lipinski definition) is 7. The van der Waals surface area contributed by atoms with E-state index in [9.17, 15) is 19.2 Å². The fourth-order valence-corrected chi connectivity index (χ4v) is 4.13. The number of rotatable bonds is 11. The molecule has 1 atom stereocenters. The van der Waals surface area contributed by atoms with E-state index in [2.05, 4.69) is 20.9 Å². The third-order valence-corrected chi connectivity index (χ3v) is 6.31. The molecular formula is C29H42N6O6. The van der Waals surface area contributed by atoms with Crippen LogP contribution in [0.4, 0.5) is 10.6 Å². The van der Waals surface area contributed by atoms with Gasteiger partial charge in [0.25, 0.3) is 5.91 Å². The molecular weight excluding hydrogens is 528 g/mol. The summed E-state index contributed by atoms with van der Waals surface area (Å²) in [6.45, 7) is 9.88. The number of ether oxygens (including phenoxy) is 2. The molecule has 4 amide bonds. The van der Waals surface area contributed by atoms with Crippen molar-refractivity contribution in [2.75, 3.05) is 25.0 Å². The van der Waals surface area contributed by atoms with Gasteiger partial charge in [0.1, 0.15) is 23.7 Å². The van der Waals surface area contributed by atoms with Crippen molar-refractivity contribution in [3.63, 3.8) is 0 Å². The van der Waals surface area contributed by atoms with E-state index in [4.69, 9.17) is 9.47 Å². The lowest BCUT2D eigenvalue weighted by Gasteiger charge is -2.29. The third kappa shape index (κ3) is 10.5. The summed E-state index contributed by atoms with van der Waals surface area (Å²) in [4.78, 5) is 57.4. The van der Waals surface area contributed by atoms with E-state index in [-0.39, 0.29) is 31.5 Å². The fourth-order valence-electron chi connectivity index (χ4n) is 4.13. The molecule has 1 saturated heterocycles. The van der Waals surface area contributed by atoms with Crippen molar-refractivity contribution in [2.24, 2.45) is 0 Å². The van der Waals surface area contributed by atoms with E-state index in [1.807, 2.05) is 35.2 Å². The quantitative estimate of drug-likeness (QED) is 0.377. The number of carbonyl (C=O) groups excluding carboxylic acids is 4. The van der Waals surface area contributed by atoms with Crippen molar-refractivity contribution in [2.45, 2.75) is 84.2 Å². The van der Waals surface area contributed by atoms with Crippen molar-refractivity contribution in [3.05, 3.63) is 48.4 Å². The molecule has 2 heterocycles. The number of benzene rings is 1. The average Bonchev–Trinajstić information content (AvgIpc) is 3.34. The summed E-state index contributed by atoms with van der Waals surface area (Å²) in [6.07, 6.45) is 5.42. The Hall–Kier alpha value is -3.93. The number of piperidine rings is 1. The number of alkyl carbamates (subject to hydrolysis) is 1. The van der Waals surface area contributed by atoms with Crippen molar-refractivity contribution >= 4 is 29.6 Å². The van der Waals surface area contributed by atoms with Gasteiger partial charge in [-0.1, -0.05) is 30.3 Å². The minimum atomic E-state index is -1.39. The number of amides is 4. The van der Waals surface area contributed by atoms with Gasteiger partial charge in [0.15, 0.2) is 5.82 Å². The molecule has 0 aliphatic carbocycles. The first-order chi connectivity index (χ1) is 19.3. The Labute approximate surface area is 241 Å². The minimum Gasteiger partial charge on any atom is -0.444 e. The first-order valence-electron chi connectivity index (χ1n) is 13.9. The molecule has 0 unspecified atom stereocenters. The number of nitrogens with one attached hydrogen (secondary N) is 3. The van der Waals surface area contributed by atoms with Crippen molar-refractivity contribution < 1.29 is 28.7 Å². The molecule has 1 aromatic heterocycles. The number of carbonyl (C=O) groups is 4. The lowest BCUT2D eigenvalue weighted by molar-refractivity contribution is -0.132. The molecule has 1 aliphatic heterocycles. The Balaban J connectivity index is 1.64. The van der Waals surface area contributed by atoms with E-state index in [0.717, 1.165) is 37.9 Å². The Morgan fingerprint density at radius 2 is 1.68 bits per heavy atom. The van der Waals surface area contributed by atoms with Crippen LogP contribution in [0.25, 0.3) is 0 Å². The molecule has 2 aromatic rings. The Morgan fingerprint density at radius 3 is 2.34 bits per heavy atom. The first-order valence-corrected chi connectivity index (χ1v) is 13.9. The molecule has 1 aromatic carbocycles. The third-order valence-electron chi connectivity index (χ3n) is 6.31. The summed E-state index contributed by atoms with van der Waals surface area (Å²) in [5, 5.41) is 7.90. The van der Waals surface area contributed by atoms with Crippen LogP contribution in [0.2, 0.25) is 0 Å². The largest absolute Gasteiger partial charge is 0.444 e. The van der Waals surface area contributed by atoms with Gasteiger partial charge >= 0.3 is 6.09 Å². The maximum absolute atomic E-state index is 13.3. The lowest BCUT2D eigenvalue weighted by Crippen LogP contribution is -2.59. The summed E-state index contributed by atoms with van der Waals surface area (Å²) in [6, 6.07) is 8.31. The van der Waals surface area contributed by atoms with Gasteiger partial charge in [0, 0.05) is 19.3 Å². The Morgan fingerprint density at radius 1 is 1.00 bits per heavy atom. The number of anilines is 1. The predicted octanol–water partition coefficient (Wildman–Crippen LogP) is 2.84. The number of aromatic nitrogens is 2. The highest BCUT2D eigenvalue weighted by atomic mass is 16.6. The summed E-state index contributed by atoms with van der Waals surface area (Å²) in [5.41, 5.74) is -1.23. The van der Waals surface area contributed by atoms with Gasteiger partial charge in [0.2, 0.25) is 11.8 Å². The van der Waals surface area contributed by atoms with Crippen LogP contribution in [0.1, 0.15) is 59.4 Å². The highest BCUT2D eigenvalue weighted by molar-refractivity contribution is 5.98. The SMILES string of the molecule is CC(C)(C)OC(=O)NC(C)(C)C(=O)N[C@H](COCc1ccccc1)C(=O)Nc1cn(CC(=O)N2CCCCC2)cn1. The van der Waals surface area contributed by atoms with Gasteiger partial charge in [0.05, 0.1) is 19.5 Å². The molecule has 3 N–H and O–H groups in total. The van der Waals surface area contributed by atoms with Crippen molar-refractivity contribution in [1.82, 2.24) is 25.1 Å². The van der Waals surface area contributed by atoms with Gasteiger partial charge in [-0.05, 0) is 59.4 Å². The molecule has 3 rings (SSSR count). The van der Waals surface area contributed by atoms with E-state index in [1.54, 1.807) is 31.5 Å². The van der Waals surface area contributed by atoms with Crippen LogP contribution in [-0.4, -0.2) is 75.1 Å². The predicted molar refractivity (Wildman–Crippen MR) is 153 cm³/mol. The summed E-state index contributed by atoms with van der Waals surface area (Å²) >= 11 is 0. The van der Waals surface area contributed by atoms with Gasteiger partial charge < -0.3 is 34.9 Å². The zero-order valence-corrected chi connectivity index (χ0v) is 24.6. The van der Waals surface area contributed by atoms with Gasteiger partial charge in [-0.25, -0.2) is 9.78 Å². The molecule has 224 valence electrons. The molecule has 41 heavy (non-hydrogen) atoms. The second-order valence-electron chi connectivity index (χ2n) is 11.6. The number of hydrogen-bond donors (Lipinski definition) is 3. The molecule has 0 bridgehead atoms. The second kappa shape index (κ2) is 14.1. The van der Waals surface area contributed by atoms with E-state index in [0.29, 0.717) is 0 Å². The van der Waals surface area contributed by atoms with Gasteiger partial charge in [-0.3, -0.25) is 14.4 Å². The standard InChI is InChI=1S/C29H42N6O6/c1-28(2,3)41-27(39)33-29(4,5)26(38)31-22(19-40-18-21-12-8-6-9-13-21)25(37)32-23-16-34(20-30-23)17-24(36)35-14-10-7-11-15-35/h6,8-9,12-13,16,20,22H,7,10-11,14-15,17-19H2,1-5H3,(H,31,38)(H,32,37)(H,33,39)/t22-/m1/s1. The van der Waals surface area contributed by atoms with Crippen LogP contribution in [0.15, 0.2) is 42.9 Å². The summed E-state index contributed by atoms with van der Waals surface area (Å²) < 4.78 is 12.6. The fraction of sp³-hybridized carbons (Fsp3) is 0.552. The number of nitrogens with zero attached hydrogens (tertiary/aromatic N) is 3. The topological polar surface area (TPSA) is 144 Å². The molecule has 1 fully saturated rings. The van der Waals surface area contributed by atoms with Crippen LogP contribution in [0.5, 0.6) is 0 Å². The minimum absolute atomic E-state index is 0.000790. The van der Waals surface area contributed by atoms with Crippen LogP contribution in [0, 0.1) is 0 Å². The van der Waals surface area contributed by atoms with E-state index in [1.165, 1.54) is 20.2 Å². The normalized spacial score (nSPS) is 14.6. The zero-order valence-electron chi connectivity index (χ0n) is 24.6. The smallest absolute Gasteiger partial charge is 0.408 e. The molecule has 1 aliphatic rings. The summed E-state index contributed by atoms with van der Waals surface area (Å²) in [5.74, 6) is -0.939. The van der Waals surface area contributed by atoms with Crippen LogP contribution in [0.3, 0.4) is 0 Å². The average molecular weight is 571 g/mol. The highest BCUT2D eigenvalue weighted by Gasteiger charge is 2.34. The Kier molecular flexibility index (Phi) is 10.9. The van der Waals surface area contributed by atoms with E-state index < -0.39 is 35.1 Å². The monoisotopic (exact) mass is 570 g/mol. The second-order valence-corrected chi connectivity index (χ2v) is 11.6. The van der Waals surface area contributed by atoms with Crippen LogP contribution in [-0.2, 0) is 37.0 Å². The molecule has 12 nitrogen and oxygen atoms in total. The lowest BCUT2D eigenvalue weighted by atomic mass is 10.0. The molecule has 0 saturated carbocycles. The maximum Gasteiger partial charge on any atom is 0.408 e. The zero-order chi connectivity index (χ0) is 30.0. The summed E-state index contributed by atoms with van der Waals surface area (Å²) in [7, 11) is 0. The molecule has 0 radical (unpaired) electrons. The molecule has 0 spiro atoms. The first kappa shape index (κ1) is 31.6. The van der Waals surface area contributed by atoms with Crippen LogP contribution < -0.4 is 16.0 Å².